The Bertz CT molecular complexity index is 862. The van der Waals surface area contributed by atoms with Crippen molar-refractivity contribution < 1.29 is 5.11 Å². The fraction of sp³-hybridized carbons (Fsp3) is 0.350. The molecule has 0 amide bonds. The molecule has 0 radical (unpaired) electrons. The highest BCUT2D eigenvalue weighted by atomic mass is 16.3. The Hall–Kier alpha value is -2.53. The molecule has 2 N–H and O–H groups in total. The molecule has 5 nitrogen and oxygen atoms in total. The molecule has 4 rings (SSSR count). The van der Waals surface area contributed by atoms with E-state index in [1.54, 1.807) is 12.4 Å². The first-order valence-corrected chi connectivity index (χ1v) is 8.82. The van der Waals surface area contributed by atoms with Crippen LogP contribution in [0.2, 0.25) is 0 Å². The lowest BCUT2D eigenvalue weighted by Gasteiger charge is -2.42. The zero-order chi connectivity index (χ0) is 17.1. The van der Waals surface area contributed by atoms with Gasteiger partial charge in [-0.1, -0.05) is 18.6 Å². The van der Waals surface area contributed by atoms with Crippen LogP contribution in [0.3, 0.4) is 0 Å². The van der Waals surface area contributed by atoms with Crippen molar-refractivity contribution in [1.29, 1.82) is 0 Å². The quantitative estimate of drug-likeness (QED) is 0.720. The second-order valence-corrected chi connectivity index (χ2v) is 6.83. The molecular formula is C20H22N4O. The van der Waals surface area contributed by atoms with Gasteiger partial charge in [0, 0.05) is 36.5 Å². The van der Waals surface area contributed by atoms with Crippen molar-refractivity contribution in [3.63, 3.8) is 0 Å². The molecule has 1 aliphatic carbocycles. The van der Waals surface area contributed by atoms with Gasteiger partial charge in [-0.05, 0) is 48.9 Å². The summed E-state index contributed by atoms with van der Waals surface area (Å²) in [7, 11) is 0. The summed E-state index contributed by atoms with van der Waals surface area (Å²) < 4.78 is 0. The number of fused-ring (bicyclic) bond motifs is 1. The molecule has 1 saturated carbocycles. The number of aromatic nitrogens is 3. The first kappa shape index (κ1) is 16.0. The summed E-state index contributed by atoms with van der Waals surface area (Å²) >= 11 is 0. The normalized spacial score (nSPS) is 15.7. The summed E-state index contributed by atoms with van der Waals surface area (Å²) in [6, 6.07) is 11.9. The van der Waals surface area contributed by atoms with Gasteiger partial charge in [0.2, 0.25) is 0 Å². The maximum atomic E-state index is 9.37. The minimum atomic E-state index is 0.206. The van der Waals surface area contributed by atoms with Crippen LogP contribution in [-0.4, -0.2) is 33.2 Å². The zero-order valence-corrected chi connectivity index (χ0v) is 14.2. The average Bonchev–Trinajstić information content (AvgIpc) is 2.64. The first-order valence-electron chi connectivity index (χ1n) is 8.82. The van der Waals surface area contributed by atoms with E-state index in [-0.39, 0.29) is 12.0 Å². The van der Waals surface area contributed by atoms with Crippen LogP contribution in [0.4, 0.5) is 5.82 Å². The van der Waals surface area contributed by atoms with E-state index < -0.39 is 0 Å². The van der Waals surface area contributed by atoms with Crippen molar-refractivity contribution in [2.75, 3.05) is 18.5 Å². The topological polar surface area (TPSA) is 70.9 Å². The minimum absolute atomic E-state index is 0.206. The molecule has 0 atom stereocenters. The van der Waals surface area contributed by atoms with E-state index >= 15 is 0 Å². The van der Waals surface area contributed by atoms with E-state index in [1.807, 2.05) is 36.4 Å². The smallest absolute Gasteiger partial charge is 0.162 e. The number of rotatable bonds is 6. The van der Waals surface area contributed by atoms with Crippen molar-refractivity contribution >= 4 is 16.7 Å². The lowest BCUT2D eigenvalue weighted by atomic mass is 9.67. The van der Waals surface area contributed by atoms with E-state index in [1.165, 1.54) is 19.3 Å². The molecule has 25 heavy (non-hydrogen) atoms. The average molecular weight is 334 g/mol. The van der Waals surface area contributed by atoms with Crippen LogP contribution in [0, 0.1) is 5.41 Å². The molecule has 5 heteroatoms. The van der Waals surface area contributed by atoms with Crippen molar-refractivity contribution in [3.8, 4) is 11.4 Å². The zero-order valence-electron chi connectivity index (χ0n) is 14.2. The number of benzene rings is 1. The fourth-order valence-corrected chi connectivity index (χ4v) is 3.54. The van der Waals surface area contributed by atoms with Crippen LogP contribution in [-0.2, 0) is 0 Å². The summed E-state index contributed by atoms with van der Waals surface area (Å²) in [6.07, 6.45) is 7.94. The third kappa shape index (κ3) is 3.20. The van der Waals surface area contributed by atoms with E-state index in [0.29, 0.717) is 5.82 Å². The van der Waals surface area contributed by atoms with Crippen LogP contribution in [0.5, 0.6) is 0 Å². The van der Waals surface area contributed by atoms with E-state index in [0.717, 1.165) is 35.2 Å². The summed E-state index contributed by atoms with van der Waals surface area (Å²) in [6.45, 7) is 1.08. The first-order chi connectivity index (χ1) is 12.3. The molecule has 0 bridgehead atoms. The third-order valence-electron chi connectivity index (χ3n) is 5.23. The highest BCUT2D eigenvalue weighted by Crippen LogP contribution is 2.44. The molecule has 0 aliphatic heterocycles. The molecule has 1 aliphatic rings. The lowest BCUT2D eigenvalue weighted by molar-refractivity contribution is 0.102. The maximum Gasteiger partial charge on any atom is 0.162 e. The van der Waals surface area contributed by atoms with Gasteiger partial charge in [-0.3, -0.25) is 4.98 Å². The lowest BCUT2D eigenvalue weighted by Crippen LogP contribution is -2.37. The number of pyridine rings is 1. The van der Waals surface area contributed by atoms with Gasteiger partial charge in [0.15, 0.2) is 5.82 Å². The van der Waals surface area contributed by atoms with Crippen molar-refractivity contribution in [3.05, 3.63) is 48.8 Å². The van der Waals surface area contributed by atoms with Gasteiger partial charge in [0.25, 0.3) is 0 Å². The molecule has 0 saturated heterocycles. The van der Waals surface area contributed by atoms with Crippen molar-refractivity contribution in [1.82, 2.24) is 15.0 Å². The Morgan fingerprint density at radius 1 is 1.04 bits per heavy atom. The molecular weight excluding hydrogens is 312 g/mol. The Balaban J connectivity index is 1.69. The number of aliphatic hydroxyl groups is 1. The highest BCUT2D eigenvalue weighted by molar-refractivity contribution is 5.90. The molecule has 2 heterocycles. The number of nitrogens with zero attached hydrogens (tertiary/aromatic N) is 3. The Morgan fingerprint density at radius 3 is 2.56 bits per heavy atom. The monoisotopic (exact) mass is 334 g/mol. The Labute approximate surface area is 147 Å². The second-order valence-electron chi connectivity index (χ2n) is 6.83. The van der Waals surface area contributed by atoms with Crippen LogP contribution in [0.1, 0.15) is 25.7 Å². The predicted octanol–water partition coefficient (Wildman–Crippen LogP) is 3.66. The molecule has 3 aromatic rings. The van der Waals surface area contributed by atoms with Crippen LogP contribution in [0.15, 0.2) is 48.8 Å². The third-order valence-corrected chi connectivity index (χ3v) is 5.23. The van der Waals surface area contributed by atoms with Gasteiger partial charge in [0.05, 0.1) is 5.52 Å². The number of para-hydroxylation sites is 1. The number of hydrogen-bond donors (Lipinski definition) is 2. The SMILES string of the molecule is OCCC1(CNc2nc(-c3ccncc3)nc3ccccc23)CCC1. The summed E-state index contributed by atoms with van der Waals surface area (Å²) in [5.74, 6) is 1.56. The van der Waals surface area contributed by atoms with Gasteiger partial charge in [-0.15, -0.1) is 0 Å². The van der Waals surface area contributed by atoms with Crippen molar-refractivity contribution in [2.45, 2.75) is 25.7 Å². The second kappa shape index (κ2) is 6.76. The van der Waals surface area contributed by atoms with Gasteiger partial charge >= 0.3 is 0 Å². The van der Waals surface area contributed by atoms with Crippen LogP contribution < -0.4 is 5.32 Å². The summed E-state index contributed by atoms with van der Waals surface area (Å²) in [4.78, 5) is 13.6. The van der Waals surface area contributed by atoms with Gasteiger partial charge in [-0.2, -0.15) is 0 Å². The number of aliphatic hydroxyl groups excluding tert-OH is 1. The van der Waals surface area contributed by atoms with Gasteiger partial charge in [-0.25, -0.2) is 9.97 Å². The number of nitrogens with one attached hydrogen (secondary N) is 1. The molecule has 1 aromatic carbocycles. The highest BCUT2D eigenvalue weighted by Gasteiger charge is 2.36. The van der Waals surface area contributed by atoms with Gasteiger partial charge in [0.1, 0.15) is 5.82 Å². The number of hydrogen-bond acceptors (Lipinski definition) is 5. The largest absolute Gasteiger partial charge is 0.396 e. The Kier molecular flexibility index (Phi) is 4.32. The predicted molar refractivity (Wildman–Crippen MR) is 99.2 cm³/mol. The van der Waals surface area contributed by atoms with Crippen LogP contribution in [0.25, 0.3) is 22.3 Å². The van der Waals surface area contributed by atoms with Crippen LogP contribution >= 0.6 is 0 Å². The molecule has 0 spiro atoms. The summed E-state index contributed by atoms with van der Waals surface area (Å²) in [5.41, 5.74) is 2.09. The van der Waals surface area contributed by atoms with Crippen molar-refractivity contribution in [2.24, 2.45) is 5.41 Å². The maximum absolute atomic E-state index is 9.37. The molecule has 2 aromatic heterocycles. The molecule has 0 unspecified atom stereocenters. The van der Waals surface area contributed by atoms with E-state index in [4.69, 9.17) is 9.97 Å². The fourth-order valence-electron chi connectivity index (χ4n) is 3.54. The molecule has 128 valence electrons. The summed E-state index contributed by atoms with van der Waals surface area (Å²) in [5, 5.41) is 13.9. The minimum Gasteiger partial charge on any atom is -0.396 e. The van der Waals surface area contributed by atoms with E-state index in [9.17, 15) is 5.11 Å². The van der Waals surface area contributed by atoms with Gasteiger partial charge < -0.3 is 10.4 Å². The standard InChI is InChI=1S/C20H22N4O/c25-13-10-20(8-3-9-20)14-22-19-16-4-1-2-5-17(16)23-18(24-19)15-6-11-21-12-7-15/h1-2,4-7,11-12,25H,3,8-10,13-14H2,(H,22,23,24). The molecule has 1 fully saturated rings. The van der Waals surface area contributed by atoms with E-state index in [2.05, 4.69) is 10.3 Å². The number of anilines is 1. The Morgan fingerprint density at radius 2 is 1.84 bits per heavy atom.